The second-order valence-corrected chi connectivity index (χ2v) is 8.06. The van der Waals surface area contributed by atoms with Gasteiger partial charge in [-0.25, -0.2) is 0 Å². The van der Waals surface area contributed by atoms with E-state index < -0.39 is 0 Å². The SMILES string of the molecule is CC(C)N1CCN(C(=O)CN2CCc3cc(-c4cccnn4)ccc3C2)CC1. The van der Waals surface area contributed by atoms with Gasteiger partial charge in [0.25, 0.3) is 0 Å². The summed E-state index contributed by atoms with van der Waals surface area (Å²) in [7, 11) is 0. The Labute approximate surface area is 167 Å². The van der Waals surface area contributed by atoms with E-state index in [9.17, 15) is 4.79 Å². The third-order valence-electron chi connectivity index (χ3n) is 5.92. The van der Waals surface area contributed by atoms with Crippen molar-refractivity contribution in [2.75, 3.05) is 39.3 Å². The molecule has 6 nitrogen and oxygen atoms in total. The van der Waals surface area contributed by atoms with Crippen molar-refractivity contribution < 1.29 is 4.79 Å². The normalized spacial score (nSPS) is 18.3. The minimum absolute atomic E-state index is 0.267. The van der Waals surface area contributed by atoms with Gasteiger partial charge in [-0.2, -0.15) is 10.2 Å². The molecule has 28 heavy (non-hydrogen) atoms. The van der Waals surface area contributed by atoms with E-state index in [4.69, 9.17) is 0 Å². The monoisotopic (exact) mass is 379 g/mol. The summed E-state index contributed by atoms with van der Waals surface area (Å²) in [5.41, 5.74) is 4.69. The molecule has 0 radical (unpaired) electrons. The minimum atomic E-state index is 0.267. The van der Waals surface area contributed by atoms with Crippen molar-refractivity contribution in [3.63, 3.8) is 0 Å². The lowest BCUT2D eigenvalue weighted by Gasteiger charge is -2.38. The molecular formula is C22H29N5O. The lowest BCUT2D eigenvalue weighted by molar-refractivity contribution is -0.134. The number of fused-ring (bicyclic) bond motifs is 1. The van der Waals surface area contributed by atoms with Gasteiger partial charge in [0.2, 0.25) is 5.91 Å². The second kappa shape index (κ2) is 8.37. The van der Waals surface area contributed by atoms with Crippen molar-refractivity contribution in [2.24, 2.45) is 0 Å². The molecular weight excluding hydrogens is 350 g/mol. The lowest BCUT2D eigenvalue weighted by Crippen LogP contribution is -2.53. The van der Waals surface area contributed by atoms with Gasteiger partial charge in [0, 0.05) is 57.1 Å². The van der Waals surface area contributed by atoms with Gasteiger partial charge < -0.3 is 4.90 Å². The van der Waals surface area contributed by atoms with Gasteiger partial charge in [0.05, 0.1) is 12.2 Å². The molecule has 2 aliphatic heterocycles. The maximum Gasteiger partial charge on any atom is 0.236 e. The van der Waals surface area contributed by atoms with E-state index in [-0.39, 0.29) is 5.91 Å². The van der Waals surface area contributed by atoms with Crippen LogP contribution in [0.2, 0.25) is 0 Å². The third-order valence-corrected chi connectivity index (χ3v) is 5.92. The minimum Gasteiger partial charge on any atom is -0.339 e. The fourth-order valence-corrected chi connectivity index (χ4v) is 4.14. The maximum absolute atomic E-state index is 12.7. The number of amides is 1. The van der Waals surface area contributed by atoms with Crippen LogP contribution in [0.3, 0.4) is 0 Å². The molecule has 0 unspecified atom stereocenters. The molecule has 0 bridgehead atoms. The van der Waals surface area contributed by atoms with Crippen molar-refractivity contribution in [1.82, 2.24) is 24.9 Å². The topological polar surface area (TPSA) is 52.6 Å². The van der Waals surface area contributed by atoms with Gasteiger partial charge in [-0.1, -0.05) is 12.1 Å². The number of hydrogen-bond donors (Lipinski definition) is 0. The Morgan fingerprint density at radius 2 is 1.89 bits per heavy atom. The number of carbonyl (C=O) groups is 1. The number of carbonyl (C=O) groups excluding carboxylic acids is 1. The van der Waals surface area contributed by atoms with Gasteiger partial charge in [-0.05, 0) is 49.6 Å². The molecule has 0 saturated carbocycles. The van der Waals surface area contributed by atoms with Crippen molar-refractivity contribution in [2.45, 2.75) is 32.9 Å². The number of aromatic nitrogens is 2. The summed E-state index contributed by atoms with van der Waals surface area (Å²) in [6, 6.07) is 11.0. The van der Waals surface area contributed by atoms with Crippen LogP contribution in [0.4, 0.5) is 0 Å². The first-order chi connectivity index (χ1) is 13.6. The van der Waals surface area contributed by atoms with E-state index in [1.165, 1.54) is 11.1 Å². The van der Waals surface area contributed by atoms with Crippen LogP contribution < -0.4 is 0 Å². The zero-order valence-electron chi connectivity index (χ0n) is 16.8. The van der Waals surface area contributed by atoms with E-state index in [0.29, 0.717) is 12.6 Å². The Bertz CT molecular complexity index is 815. The summed E-state index contributed by atoms with van der Waals surface area (Å²) < 4.78 is 0. The summed E-state index contributed by atoms with van der Waals surface area (Å²) in [6.45, 7) is 10.4. The Hall–Kier alpha value is -2.31. The Kier molecular flexibility index (Phi) is 5.69. The number of nitrogens with zero attached hydrogens (tertiary/aromatic N) is 5. The molecule has 148 valence electrons. The quantitative estimate of drug-likeness (QED) is 0.814. The van der Waals surface area contributed by atoms with Crippen molar-refractivity contribution in [1.29, 1.82) is 0 Å². The van der Waals surface area contributed by atoms with E-state index in [2.05, 4.69) is 52.0 Å². The highest BCUT2D eigenvalue weighted by molar-refractivity contribution is 5.78. The summed E-state index contributed by atoms with van der Waals surface area (Å²) in [4.78, 5) is 19.5. The number of piperazine rings is 1. The van der Waals surface area contributed by atoms with Crippen molar-refractivity contribution in [3.8, 4) is 11.3 Å². The van der Waals surface area contributed by atoms with Crippen LogP contribution in [0.5, 0.6) is 0 Å². The van der Waals surface area contributed by atoms with E-state index in [0.717, 1.165) is 56.9 Å². The first kappa shape index (κ1) is 19.0. The first-order valence-electron chi connectivity index (χ1n) is 10.2. The molecule has 3 heterocycles. The summed E-state index contributed by atoms with van der Waals surface area (Å²) in [5, 5.41) is 8.18. The molecule has 0 N–H and O–H groups in total. The highest BCUT2D eigenvalue weighted by Crippen LogP contribution is 2.25. The molecule has 2 aliphatic rings. The van der Waals surface area contributed by atoms with Crippen LogP contribution in [0.15, 0.2) is 36.5 Å². The maximum atomic E-state index is 12.7. The van der Waals surface area contributed by atoms with Gasteiger partial charge in [-0.15, -0.1) is 0 Å². The lowest BCUT2D eigenvalue weighted by atomic mass is 9.96. The molecule has 0 aliphatic carbocycles. The molecule has 0 spiro atoms. The van der Waals surface area contributed by atoms with Crippen LogP contribution >= 0.6 is 0 Å². The van der Waals surface area contributed by atoms with Crippen LogP contribution in [-0.2, 0) is 17.8 Å². The smallest absolute Gasteiger partial charge is 0.236 e. The summed E-state index contributed by atoms with van der Waals surface area (Å²) in [6.07, 6.45) is 2.66. The highest BCUT2D eigenvalue weighted by Gasteiger charge is 2.25. The van der Waals surface area contributed by atoms with Crippen molar-refractivity contribution in [3.05, 3.63) is 47.7 Å². The predicted molar refractivity (Wildman–Crippen MR) is 110 cm³/mol. The average Bonchev–Trinajstić information content (AvgIpc) is 2.74. The van der Waals surface area contributed by atoms with Crippen LogP contribution in [-0.4, -0.2) is 76.1 Å². The standard InChI is InChI=1S/C22H29N5O/c1-17(2)26-10-12-27(13-11-26)22(28)16-25-9-7-18-14-19(5-6-20(18)15-25)21-4-3-8-23-24-21/h3-6,8,14,17H,7,9-13,15-16H2,1-2H3. The Morgan fingerprint density at radius 3 is 2.61 bits per heavy atom. The fourth-order valence-electron chi connectivity index (χ4n) is 4.14. The Balaban J connectivity index is 1.35. The Morgan fingerprint density at radius 1 is 1.07 bits per heavy atom. The van der Waals surface area contributed by atoms with E-state index in [1.54, 1.807) is 6.20 Å². The first-order valence-corrected chi connectivity index (χ1v) is 10.2. The van der Waals surface area contributed by atoms with E-state index >= 15 is 0 Å². The second-order valence-electron chi connectivity index (χ2n) is 8.06. The molecule has 1 aromatic carbocycles. The van der Waals surface area contributed by atoms with Crippen LogP contribution in [0, 0.1) is 0 Å². The van der Waals surface area contributed by atoms with Gasteiger partial charge in [0.1, 0.15) is 0 Å². The van der Waals surface area contributed by atoms with Gasteiger partial charge in [-0.3, -0.25) is 14.6 Å². The molecule has 0 atom stereocenters. The zero-order chi connectivity index (χ0) is 19.5. The molecule has 1 amide bonds. The largest absolute Gasteiger partial charge is 0.339 e. The molecule has 4 rings (SSSR count). The number of benzene rings is 1. The van der Waals surface area contributed by atoms with Gasteiger partial charge >= 0.3 is 0 Å². The molecule has 2 aromatic rings. The van der Waals surface area contributed by atoms with Crippen molar-refractivity contribution >= 4 is 5.91 Å². The summed E-state index contributed by atoms with van der Waals surface area (Å²) >= 11 is 0. The highest BCUT2D eigenvalue weighted by atomic mass is 16.2. The molecule has 1 fully saturated rings. The van der Waals surface area contributed by atoms with Gasteiger partial charge in [0.15, 0.2) is 0 Å². The molecule has 1 aromatic heterocycles. The average molecular weight is 380 g/mol. The molecule has 6 heteroatoms. The number of hydrogen-bond acceptors (Lipinski definition) is 5. The van der Waals surface area contributed by atoms with Crippen LogP contribution in [0.25, 0.3) is 11.3 Å². The molecule has 1 saturated heterocycles. The fraction of sp³-hybridized carbons (Fsp3) is 0.500. The third kappa shape index (κ3) is 4.23. The predicted octanol–water partition coefficient (Wildman–Crippen LogP) is 2.05. The summed E-state index contributed by atoms with van der Waals surface area (Å²) in [5.74, 6) is 0.267. The number of rotatable bonds is 4. The zero-order valence-corrected chi connectivity index (χ0v) is 16.8. The van der Waals surface area contributed by atoms with E-state index in [1.807, 2.05) is 17.0 Å². The van der Waals surface area contributed by atoms with Crippen LogP contribution in [0.1, 0.15) is 25.0 Å².